The van der Waals surface area contributed by atoms with Gasteiger partial charge in [-0.25, -0.2) is 9.78 Å². The van der Waals surface area contributed by atoms with Crippen LogP contribution < -0.4 is 11.3 Å². The van der Waals surface area contributed by atoms with Crippen LogP contribution in [0.3, 0.4) is 0 Å². The van der Waals surface area contributed by atoms with Crippen molar-refractivity contribution in [1.82, 2.24) is 14.5 Å². The number of carbonyl (C=O) groups is 1. The lowest BCUT2D eigenvalue weighted by molar-refractivity contribution is -0.0486. The van der Waals surface area contributed by atoms with E-state index in [4.69, 9.17) is 15.2 Å². The molecular formula is C21H28N4O4. The molecule has 29 heavy (non-hydrogen) atoms. The van der Waals surface area contributed by atoms with Crippen LogP contribution in [0.15, 0.2) is 29.3 Å². The average Bonchev–Trinajstić information content (AvgIpc) is 3.05. The van der Waals surface area contributed by atoms with Crippen molar-refractivity contribution in [3.63, 3.8) is 0 Å². The van der Waals surface area contributed by atoms with Gasteiger partial charge < -0.3 is 20.1 Å². The Balaban J connectivity index is 1.46. The minimum atomic E-state index is -0.505. The lowest BCUT2D eigenvalue weighted by Crippen LogP contribution is -2.48. The first kappa shape index (κ1) is 19.7. The van der Waals surface area contributed by atoms with Crippen LogP contribution in [0.5, 0.6) is 0 Å². The number of anilines is 1. The molecule has 2 N–H and O–H groups in total. The van der Waals surface area contributed by atoms with Crippen molar-refractivity contribution in [1.29, 1.82) is 0 Å². The Morgan fingerprint density at radius 2 is 2.03 bits per heavy atom. The Morgan fingerprint density at radius 1 is 1.31 bits per heavy atom. The van der Waals surface area contributed by atoms with Gasteiger partial charge in [0.25, 0.3) is 5.56 Å². The molecule has 1 aromatic heterocycles. The third-order valence-electron chi connectivity index (χ3n) is 5.72. The van der Waals surface area contributed by atoms with Gasteiger partial charge in [-0.2, -0.15) is 0 Å². The quantitative estimate of drug-likeness (QED) is 0.739. The first-order valence-electron chi connectivity index (χ1n) is 10.0. The van der Waals surface area contributed by atoms with E-state index in [9.17, 15) is 9.59 Å². The number of hydrogen-bond acceptors (Lipinski definition) is 6. The summed E-state index contributed by atoms with van der Waals surface area (Å²) in [5, 5.41) is 0.521. The second-order valence-electron chi connectivity index (χ2n) is 9.05. The Morgan fingerprint density at radius 3 is 2.72 bits per heavy atom. The molecule has 2 aromatic rings. The summed E-state index contributed by atoms with van der Waals surface area (Å²) in [7, 11) is 0. The van der Waals surface area contributed by atoms with Crippen LogP contribution in [-0.4, -0.2) is 51.4 Å². The number of benzene rings is 1. The smallest absolute Gasteiger partial charge is 0.410 e. The summed E-state index contributed by atoms with van der Waals surface area (Å²) in [4.78, 5) is 31.4. The normalized spacial score (nSPS) is 21.6. The molecule has 2 aliphatic rings. The van der Waals surface area contributed by atoms with E-state index in [-0.39, 0.29) is 23.3 Å². The zero-order valence-corrected chi connectivity index (χ0v) is 17.2. The largest absolute Gasteiger partial charge is 0.444 e. The van der Waals surface area contributed by atoms with Crippen LogP contribution in [-0.2, 0) is 9.47 Å². The monoisotopic (exact) mass is 400 g/mol. The zero-order chi connectivity index (χ0) is 20.8. The highest BCUT2D eigenvalue weighted by Crippen LogP contribution is 2.40. The number of nitrogens with zero attached hydrogens (tertiary/aromatic N) is 3. The molecule has 1 unspecified atom stereocenters. The standard InChI is InChI=1S/C21H28N4O4/c1-20(2,3)29-19(27)24-8-6-21(7-9-24)11-15(12-28-21)25-13-23-17-5-4-14(22)10-16(17)18(25)26/h4-5,10,13,15H,6-9,11-12,22H2,1-3H3. The first-order valence-corrected chi connectivity index (χ1v) is 10.0. The summed E-state index contributed by atoms with van der Waals surface area (Å²) >= 11 is 0. The van der Waals surface area contributed by atoms with Gasteiger partial charge in [0, 0.05) is 18.8 Å². The number of likely N-dealkylation sites (tertiary alicyclic amines) is 1. The van der Waals surface area contributed by atoms with Crippen molar-refractivity contribution in [2.24, 2.45) is 0 Å². The molecule has 0 bridgehead atoms. The van der Waals surface area contributed by atoms with Gasteiger partial charge in [0.1, 0.15) is 5.60 Å². The molecular weight excluding hydrogens is 372 g/mol. The maximum absolute atomic E-state index is 13.0. The van der Waals surface area contributed by atoms with Gasteiger partial charge in [0.15, 0.2) is 0 Å². The SMILES string of the molecule is CC(C)(C)OC(=O)N1CCC2(CC1)CC(n1cnc3ccc(N)cc3c1=O)CO2. The molecule has 0 aliphatic carbocycles. The van der Waals surface area contributed by atoms with Crippen molar-refractivity contribution in [3.8, 4) is 0 Å². The second kappa shape index (κ2) is 7.02. The van der Waals surface area contributed by atoms with E-state index in [1.165, 1.54) is 0 Å². The van der Waals surface area contributed by atoms with Crippen LogP contribution in [0.25, 0.3) is 10.9 Å². The maximum Gasteiger partial charge on any atom is 0.410 e. The van der Waals surface area contributed by atoms with Gasteiger partial charge >= 0.3 is 6.09 Å². The van der Waals surface area contributed by atoms with E-state index >= 15 is 0 Å². The highest BCUT2D eigenvalue weighted by Gasteiger charge is 2.44. The van der Waals surface area contributed by atoms with Gasteiger partial charge in [-0.3, -0.25) is 9.36 Å². The molecule has 2 aliphatic heterocycles. The summed E-state index contributed by atoms with van der Waals surface area (Å²) in [5.41, 5.74) is 6.11. The summed E-state index contributed by atoms with van der Waals surface area (Å²) < 4.78 is 13.3. The van der Waals surface area contributed by atoms with Crippen molar-refractivity contribution < 1.29 is 14.3 Å². The Bertz CT molecular complexity index is 986. The molecule has 156 valence electrons. The van der Waals surface area contributed by atoms with Gasteiger partial charge in [-0.05, 0) is 58.2 Å². The van der Waals surface area contributed by atoms with Gasteiger partial charge in [-0.1, -0.05) is 0 Å². The number of fused-ring (bicyclic) bond motifs is 1. The number of piperidine rings is 1. The third kappa shape index (κ3) is 3.94. The number of aromatic nitrogens is 2. The van der Waals surface area contributed by atoms with E-state index < -0.39 is 5.60 Å². The number of amides is 1. The number of carbonyl (C=O) groups excluding carboxylic acids is 1. The lowest BCUT2D eigenvalue weighted by Gasteiger charge is -2.39. The van der Waals surface area contributed by atoms with Crippen LogP contribution >= 0.6 is 0 Å². The van der Waals surface area contributed by atoms with E-state index in [1.807, 2.05) is 20.8 Å². The van der Waals surface area contributed by atoms with Crippen molar-refractivity contribution in [3.05, 3.63) is 34.9 Å². The van der Waals surface area contributed by atoms with Crippen LogP contribution in [0.4, 0.5) is 10.5 Å². The molecule has 0 radical (unpaired) electrons. The molecule has 8 heteroatoms. The second-order valence-corrected chi connectivity index (χ2v) is 9.05. The number of nitrogens with two attached hydrogens (primary N) is 1. The molecule has 3 heterocycles. The Hall–Kier alpha value is -2.61. The van der Waals surface area contributed by atoms with Gasteiger partial charge in [-0.15, -0.1) is 0 Å². The predicted molar refractivity (Wildman–Crippen MR) is 110 cm³/mol. The van der Waals surface area contributed by atoms with E-state index in [0.717, 1.165) is 19.3 Å². The Kier molecular flexibility index (Phi) is 4.77. The highest BCUT2D eigenvalue weighted by atomic mass is 16.6. The topological polar surface area (TPSA) is 99.7 Å². The van der Waals surface area contributed by atoms with Gasteiger partial charge in [0.05, 0.1) is 35.5 Å². The third-order valence-corrected chi connectivity index (χ3v) is 5.72. The fourth-order valence-corrected chi connectivity index (χ4v) is 4.18. The predicted octanol–water partition coefficient (Wildman–Crippen LogP) is 2.71. The van der Waals surface area contributed by atoms with E-state index in [2.05, 4.69) is 4.98 Å². The van der Waals surface area contributed by atoms with Crippen molar-refractivity contribution in [2.45, 2.75) is 57.3 Å². The number of hydrogen-bond donors (Lipinski definition) is 1. The molecule has 0 saturated carbocycles. The number of rotatable bonds is 1. The molecule has 8 nitrogen and oxygen atoms in total. The van der Waals surface area contributed by atoms with Crippen molar-refractivity contribution in [2.75, 3.05) is 25.4 Å². The Labute approximate surface area is 169 Å². The van der Waals surface area contributed by atoms with Crippen LogP contribution in [0, 0.1) is 0 Å². The minimum Gasteiger partial charge on any atom is -0.444 e. The summed E-state index contributed by atoms with van der Waals surface area (Å²) in [6, 6.07) is 5.10. The summed E-state index contributed by atoms with van der Waals surface area (Å²) in [6.07, 6.45) is 3.50. The minimum absolute atomic E-state index is 0.0751. The average molecular weight is 400 g/mol. The lowest BCUT2D eigenvalue weighted by atomic mass is 9.87. The maximum atomic E-state index is 13.0. The van der Waals surface area contributed by atoms with Crippen LogP contribution in [0.1, 0.15) is 46.1 Å². The summed E-state index contributed by atoms with van der Waals surface area (Å²) in [5.74, 6) is 0. The first-order chi connectivity index (χ1) is 13.7. The molecule has 4 rings (SSSR count). The van der Waals surface area contributed by atoms with E-state index in [0.29, 0.717) is 36.3 Å². The van der Waals surface area contributed by atoms with Crippen LogP contribution in [0.2, 0.25) is 0 Å². The number of ether oxygens (including phenoxy) is 2. The molecule has 1 spiro atoms. The molecule has 1 aromatic carbocycles. The van der Waals surface area contributed by atoms with Gasteiger partial charge in [0.2, 0.25) is 0 Å². The molecule has 1 atom stereocenters. The highest BCUT2D eigenvalue weighted by molar-refractivity contribution is 5.80. The zero-order valence-electron chi connectivity index (χ0n) is 17.2. The van der Waals surface area contributed by atoms with E-state index in [1.54, 1.807) is 34.0 Å². The summed E-state index contributed by atoms with van der Waals surface area (Å²) in [6.45, 7) is 7.23. The molecule has 2 fully saturated rings. The molecule has 1 amide bonds. The fraction of sp³-hybridized carbons (Fsp3) is 0.571. The van der Waals surface area contributed by atoms with Crippen molar-refractivity contribution >= 4 is 22.7 Å². The number of nitrogen functional groups attached to an aromatic ring is 1. The molecule has 2 saturated heterocycles. The fourth-order valence-electron chi connectivity index (χ4n) is 4.18.